The average Bonchev–Trinajstić information content (AvgIpc) is 2.77. The second-order valence-corrected chi connectivity index (χ2v) is 9.85. The number of hydrogen-bond acceptors (Lipinski definition) is 4. The molecule has 4 atom stereocenters. The summed E-state index contributed by atoms with van der Waals surface area (Å²) in [6.07, 6.45) is 2.01. The Morgan fingerprint density at radius 2 is 1.63 bits per heavy atom. The fourth-order valence-corrected chi connectivity index (χ4v) is 5.99. The van der Waals surface area contributed by atoms with Crippen molar-refractivity contribution in [3.8, 4) is 0 Å². The van der Waals surface area contributed by atoms with Gasteiger partial charge in [-0.1, -0.05) is 0 Å². The summed E-state index contributed by atoms with van der Waals surface area (Å²) in [6.45, 7) is 4.40. The van der Waals surface area contributed by atoms with Crippen molar-refractivity contribution in [2.24, 2.45) is 0 Å². The number of nitrogens with zero attached hydrogens (tertiary/aromatic N) is 1. The summed E-state index contributed by atoms with van der Waals surface area (Å²) in [6, 6.07) is 11.6. The molecule has 0 bridgehead atoms. The molecule has 1 fully saturated rings. The first kappa shape index (κ1) is 18.4. The summed E-state index contributed by atoms with van der Waals surface area (Å²) in [5.74, 6) is -0.137. The lowest BCUT2D eigenvalue weighted by molar-refractivity contribution is 0.466. The van der Waals surface area contributed by atoms with Crippen LogP contribution in [0.2, 0.25) is 0 Å². The minimum atomic E-state index is -3.67. The summed E-state index contributed by atoms with van der Waals surface area (Å²) in [4.78, 5) is 2.70. The van der Waals surface area contributed by atoms with E-state index in [1.807, 2.05) is 12.1 Å². The van der Waals surface area contributed by atoms with Crippen LogP contribution in [0.3, 0.4) is 0 Å². The third kappa shape index (κ3) is 3.15. The number of fused-ring (bicyclic) bond motifs is 3. The van der Waals surface area contributed by atoms with Crippen LogP contribution < -0.4 is 10.2 Å². The lowest BCUT2D eigenvalue weighted by atomic mass is 9.88. The molecule has 0 amide bonds. The molecule has 0 saturated carbocycles. The lowest BCUT2D eigenvalue weighted by Crippen LogP contribution is -2.36. The largest absolute Gasteiger partial charge is 0.371 e. The topological polar surface area (TPSA) is 49.4 Å². The maximum atomic E-state index is 13.2. The van der Waals surface area contributed by atoms with Crippen molar-refractivity contribution in [3.63, 3.8) is 0 Å². The fourth-order valence-electron chi connectivity index (χ4n) is 4.69. The van der Waals surface area contributed by atoms with Crippen LogP contribution in [0.15, 0.2) is 52.3 Å². The van der Waals surface area contributed by atoms with Crippen molar-refractivity contribution in [1.29, 1.82) is 0 Å². The molecule has 4 nitrogen and oxygen atoms in total. The molecule has 0 spiro atoms. The highest BCUT2D eigenvalue weighted by atomic mass is 32.2. The van der Waals surface area contributed by atoms with Gasteiger partial charge in [-0.2, -0.15) is 0 Å². The van der Waals surface area contributed by atoms with E-state index in [0.29, 0.717) is 24.0 Å². The quantitative estimate of drug-likeness (QED) is 0.797. The highest BCUT2D eigenvalue weighted by molar-refractivity contribution is 7.91. The van der Waals surface area contributed by atoms with Gasteiger partial charge in [0, 0.05) is 36.8 Å². The smallest absolute Gasteiger partial charge is 0.206 e. The van der Waals surface area contributed by atoms with Crippen LogP contribution in [-0.2, 0) is 9.84 Å². The zero-order chi connectivity index (χ0) is 19.3. The Hall–Kier alpha value is -1.92. The second-order valence-electron chi connectivity index (χ2n) is 7.90. The number of halogens is 1. The van der Waals surface area contributed by atoms with E-state index in [2.05, 4.69) is 31.1 Å². The third-order valence-electron chi connectivity index (χ3n) is 5.95. The van der Waals surface area contributed by atoms with E-state index in [9.17, 15) is 12.8 Å². The van der Waals surface area contributed by atoms with Crippen LogP contribution in [0, 0.1) is 5.82 Å². The molecular formula is C21H25FN2O2S. The zero-order valence-electron chi connectivity index (χ0n) is 15.8. The van der Waals surface area contributed by atoms with E-state index >= 15 is 0 Å². The summed E-state index contributed by atoms with van der Waals surface area (Å²) in [5, 5.41) is 3.62. The number of likely N-dealkylation sites (N-methyl/N-ethyl adjacent to an activating group) is 1. The predicted molar refractivity (Wildman–Crippen MR) is 105 cm³/mol. The molecular weight excluding hydrogens is 363 g/mol. The van der Waals surface area contributed by atoms with Crippen molar-refractivity contribution in [3.05, 3.63) is 53.8 Å². The fraction of sp³-hybridized carbons (Fsp3) is 0.429. The molecule has 2 aromatic rings. The van der Waals surface area contributed by atoms with Crippen LogP contribution >= 0.6 is 0 Å². The second kappa shape index (κ2) is 6.60. The molecule has 1 N–H and O–H groups in total. The zero-order valence-corrected chi connectivity index (χ0v) is 16.6. The van der Waals surface area contributed by atoms with Gasteiger partial charge in [0.05, 0.1) is 9.79 Å². The first-order valence-electron chi connectivity index (χ1n) is 9.41. The van der Waals surface area contributed by atoms with E-state index in [4.69, 9.17) is 0 Å². The SMILES string of the molecule is CC1CC2[C@H](CC(C)N1)c1cc(S(=O)(=O)c3ccc(F)cc3)ccc1N2C. The Kier molecular flexibility index (Phi) is 4.51. The molecule has 27 heavy (non-hydrogen) atoms. The standard InChI is InChI=1S/C21H25FN2O2S/c1-13-10-18-19-12-17(27(25,26)16-6-4-15(22)5-7-16)8-9-20(19)24(3)21(18)11-14(2)23-13/h4-9,12-14,18,21,23H,10-11H2,1-3H3/t13?,14?,18-,21?/m1/s1. The number of hydrogen-bond donors (Lipinski definition) is 1. The minimum absolute atomic E-state index is 0.122. The number of nitrogens with one attached hydrogen (secondary N) is 1. The number of rotatable bonds is 2. The molecule has 0 aromatic heterocycles. The molecule has 0 aliphatic carbocycles. The Balaban J connectivity index is 1.76. The van der Waals surface area contributed by atoms with Crippen LogP contribution in [0.1, 0.15) is 38.2 Å². The number of benzene rings is 2. The third-order valence-corrected chi connectivity index (χ3v) is 7.71. The van der Waals surface area contributed by atoms with Crippen molar-refractivity contribution < 1.29 is 12.8 Å². The van der Waals surface area contributed by atoms with Gasteiger partial charge >= 0.3 is 0 Å². The highest BCUT2D eigenvalue weighted by Gasteiger charge is 2.40. The molecule has 4 rings (SSSR count). The summed E-state index contributed by atoms with van der Waals surface area (Å²) in [7, 11) is -1.57. The van der Waals surface area contributed by atoms with Gasteiger partial charge in [-0.3, -0.25) is 0 Å². The highest BCUT2D eigenvalue weighted by Crippen LogP contribution is 2.46. The van der Waals surface area contributed by atoms with Crippen LogP contribution in [0.25, 0.3) is 0 Å². The average molecular weight is 389 g/mol. The number of anilines is 1. The van der Waals surface area contributed by atoms with E-state index in [-0.39, 0.29) is 9.79 Å². The van der Waals surface area contributed by atoms with Gasteiger partial charge in [0.25, 0.3) is 0 Å². The first-order chi connectivity index (χ1) is 12.8. The maximum absolute atomic E-state index is 13.2. The summed E-state index contributed by atoms with van der Waals surface area (Å²) >= 11 is 0. The molecule has 1 saturated heterocycles. The lowest BCUT2D eigenvalue weighted by Gasteiger charge is -2.26. The van der Waals surface area contributed by atoms with Gasteiger partial charge < -0.3 is 10.2 Å². The van der Waals surface area contributed by atoms with E-state index < -0.39 is 15.7 Å². The van der Waals surface area contributed by atoms with Crippen LogP contribution in [0.5, 0.6) is 0 Å². The van der Waals surface area contributed by atoms with Gasteiger partial charge in [-0.15, -0.1) is 0 Å². The molecule has 2 aliphatic rings. The molecule has 2 aromatic carbocycles. The van der Waals surface area contributed by atoms with Gasteiger partial charge in [-0.05, 0) is 74.7 Å². The molecule has 2 aliphatic heterocycles. The van der Waals surface area contributed by atoms with Crippen molar-refractivity contribution in [2.45, 2.75) is 60.5 Å². The monoisotopic (exact) mass is 388 g/mol. The van der Waals surface area contributed by atoms with Gasteiger partial charge in [-0.25, -0.2) is 12.8 Å². The predicted octanol–water partition coefficient (Wildman–Crippen LogP) is 3.72. The van der Waals surface area contributed by atoms with Crippen LogP contribution in [0.4, 0.5) is 10.1 Å². The van der Waals surface area contributed by atoms with E-state index in [0.717, 1.165) is 24.1 Å². The van der Waals surface area contributed by atoms with Crippen molar-refractivity contribution >= 4 is 15.5 Å². The van der Waals surface area contributed by atoms with E-state index in [1.165, 1.54) is 24.3 Å². The summed E-state index contributed by atoms with van der Waals surface area (Å²) < 4.78 is 39.2. The molecule has 144 valence electrons. The minimum Gasteiger partial charge on any atom is -0.371 e. The van der Waals surface area contributed by atoms with Gasteiger partial charge in [0.2, 0.25) is 9.84 Å². The molecule has 6 heteroatoms. The van der Waals surface area contributed by atoms with Gasteiger partial charge in [0.1, 0.15) is 5.82 Å². The Morgan fingerprint density at radius 1 is 1.00 bits per heavy atom. The Morgan fingerprint density at radius 3 is 2.33 bits per heavy atom. The van der Waals surface area contributed by atoms with Gasteiger partial charge in [0.15, 0.2) is 0 Å². The Bertz CT molecular complexity index is 959. The summed E-state index contributed by atoms with van der Waals surface area (Å²) in [5.41, 5.74) is 2.22. The van der Waals surface area contributed by atoms with Crippen molar-refractivity contribution in [1.82, 2.24) is 5.32 Å². The molecule has 2 heterocycles. The van der Waals surface area contributed by atoms with Crippen LogP contribution in [-0.4, -0.2) is 33.6 Å². The normalized spacial score (nSPS) is 27.8. The van der Waals surface area contributed by atoms with Crippen molar-refractivity contribution in [2.75, 3.05) is 11.9 Å². The molecule has 3 unspecified atom stereocenters. The molecule has 0 radical (unpaired) electrons. The number of sulfone groups is 1. The Labute approximate surface area is 160 Å². The van der Waals surface area contributed by atoms with E-state index in [1.54, 1.807) is 6.07 Å². The maximum Gasteiger partial charge on any atom is 0.206 e. The first-order valence-corrected chi connectivity index (χ1v) is 10.9.